The van der Waals surface area contributed by atoms with Crippen molar-refractivity contribution in [2.45, 2.75) is 20.3 Å². The Balaban J connectivity index is 1.55. The zero-order valence-electron chi connectivity index (χ0n) is 14.7. The van der Waals surface area contributed by atoms with Gasteiger partial charge in [-0.2, -0.15) is 10.1 Å². The van der Waals surface area contributed by atoms with E-state index in [1.807, 2.05) is 57.3 Å². The summed E-state index contributed by atoms with van der Waals surface area (Å²) in [5.74, 6) is 0.280. The van der Waals surface area contributed by atoms with Crippen LogP contribution in [0.25, 0.3) is 11.0 Å². The minimum atomic E-state index is -0.156. The van der Waals surface area contributed by atoms with Gasteiger partial charge in [0.2, 0.25) is 5.88 Å². The molecule has 0 aliphatic carbocycles. The third-order valence-electron chi connectivity index (χ3n) is 4.07. The molecule has 3 rings (SSSR count). The molecule has 0 fully saturated rings. The van der Waals surface area contributed by atoms with E-state index < -0.39 is 0 Å². The molecule has 2 heterocycles. The average Bonchev–Trinajstić information content (AvgIpc) is 2.88. The fraction of sp³-hybridized carbons (Fsp3) is 0.316. The number of rotatable bonds is 6. The lowest BCUT2D eigenvalue weighted by Crippen LogP contribution is -2.30. The largest absolute Gasteiger partial charge is 0.468 e. The molecule has 0 bridgehead atoms. The van der Waals surface area contributed by atoms with Crippen molar-refractivity contribution in [2.75, 3.05) is 13.2 Å². The standard InChI is InChI=1S/C19H22N4O2/c1-13-11-17(21-19-18(13)14(2)22-23(19)3)25-12-16(24)20-10-9-15-7-5-4-6-8-15/h4-8,11H,9-10,12H2,1-3H3,(H,20,24). The fourth-order valence-corrected chi connectivity index (χ4v) is 2.89. The van der Waals surface area contributed by atoms with Crippen LogP contribution in [0.2, 0.25) is 0 Å². The zero-order chi connectivity index (χ0) is 17.8. The zero-order valence-corrected chi connectivity index (χ0v) is 14.7. The highest BCUT2D eigenvalue weighted by Crippen LogP contribution is 2.23. The van der Waals surface area contributed by atoms with Gasteiger partial charge >= 0.3 is 0 Å². The SMILES string of the molecule is Cc1cc(OCC(=O)NCCc2ccccc2)nc2c1c(C)nn2C. The molecular formula is C19H22N4O2. The Bertz CT molecular complexity index is 887. The van der Waals surface area contributed by atoms with Gasteiger partial charge in [-0.05, 0) is 31.4 Å². The van der Waals surface area contributed by atoms with E-state index in [2.05, 4.69) is 15.4 Å². The molecule has 25 heavy (non-hydrogen) atoms. The van der Waals surface area contributed by atoms with Gasteiger partial charge in [-0.1, -0.05) is 30.3 Å². The molecule has 6 nitrogen and oxygen atoms in total. The molecule has 0 unspecified atom stereocenters. The predicted octanol–water partition coefficient (Wildman–Crippen LogP) is 2.32. The first kappa shape index (κ1) is 17.0. The maximum Gasteiger partial charge on any atom is 0.258 e. The maximum atomic E-state index is 11.9. The Morgan fingerprint density at radius 2 is 2.00 bits per heavy atom. The van der Waals surface area contributed by atoms with Crippen molar-refractivity contribution in [3.05, 3.63) is 53.2 Å². The highest BCUT2D eigenvalue weighted by Gasteiger charge is 2.12. The number of nitrogens with zero attached hydrogens (tertiary/aromatic N) is 3. The molecule has 0 aliphatic rings. The number of carbonyl (C=O) groups is 1. The molecule has 130 valence electrons. The summed E-state index contributed by atoms with van der Waals surface area (Å²) in [6.45, 7) is 4.48. The van der Waals surface area contributed by atoms with Gasteiger partial charge in [0.05, 0.1) is 5.69 Å². The van der Waals surface area contributed by atoms with Crippen molar-refractivity contribution in [1.29, 1.82) is 0 Å². The van der Waals surface area contributed by atoms with E-state index >= 15 is 0 Å². The van der Waals surface area contributed by atoms with E-state index in [-0.39, 0.29) is 12.5 Å². The summed E-state index contributed by atoms with van der Waals surface area (Å²) in [5.41, 5.74) is 3.93. The number of benzene rings is 1. The van der Waals surface area contributed by atoms with Gasteiger partial charge in [0.25, 0.3) is 5.91 Å². The molecule has 1 aromatic carbocycles. The van der Waals surface area contributed by atoms with Crippen molar-refractivity contribution >= 4 is 16.9 Å². The Hall–Kier alpha value is -2.89. The van der Waals surface area contributed by atoms with Gasteiger partial charge in [0.1, 0.15) is 0 Å². The molecule has 1 N–H and O–H groups in total. The average molecular weight is 338 g/mol. The summed E-state index contributed by atoms with van der Waals surface area (Å²) in [4.78, 5) is 16.4. The second-order valence-corrected chi connectivity index (χ2v) is 6.06. The van der Waals surface area contributed by atoms with Gasteiger partial charge in [-0.15, -0.1) is 0 Å². The Morgan fingerprint density at radius 3 is 2.76 bits per heavy atom. The number of aryl methyl sites for hydroxylation is 3. The number of pyridine rings is 1. The maximum absolute atomic E-state index is 11.9. The molecule has 0 aliphatic heterocycles. The fourth-order valence-electron chi connectivity index (χ4n) is 2.89. The van der Waals surface area contributed by atoms with Crippen LogP contribution in [0, 0.1) is 13.8 Å². The predicted molar refractivity (Wildman–Crippen MR) is 96.6 cm³/mol. The van der Waals surface area contributed by atoms with Gasteiger partial charge in [0.15, 0.2) is 12.3 Å². The number of ether oxygens (including phenoxy) is 1. The van der Waals surface area contributed by atoms with E-state index in [0.29, 0.717) is 12.4 Å². The number of hydrogen-bond acceptors (Lipinski definition) is 4. The molecule has 6 heteroatoms. The minimum absolute atomic E-state index is 0.0520. The summed E-state index contributed by atoms with van der Waals surface area (Å²) in [6.07, 6.45) is 0.796. The first-order chi connectivity index (χ1) is 12.0. The Kier molecular flexibility index (Phi) is 4.97. The molecule has 0 saturated carbocycles. The summed E-state index contributed by atoms with van der Waals surface area (Å²) < 4.78 is 7.29. The van der Waals surface area contributed by atoms with E-state index in [9.17, 15) is 4.79 Å². The minimum Gasteiger partial charge on any atom is -0.468 e. The molecule has 0 spiro atoms. The smallest absolute Gasteiger partial charge is 0.258 e. The van der Waals surface area contributed by atoms with Gasteiger partial charge in [0, 0.05) is 25.0 Å². The van der Waals surface area contributed by atoms with Crippen LogP contribution >= 0.6 is 0 Å². The van der Waals surface area contributed by atoms with Crippen molar-refractivity contribution in [1.82, 2.24) is 20.1 Å². The molecule has 0 radical (unpaired) electrons. The molecule has 2 aromatic heterocycles. The van der Waals surface area contributed by atoms with Crippen molar-refractivity contribution in [3.63, 3.8) is 0 Å². The molecular weight excluding hydrogens is 316 g/mol. The highest BCUT2D eigenvalue weighted by molar-refractivity contribution is 5.82. The third kappa shape index (κ3) is 3.96. The Labute approximate surface area is 146 Å². The second kappa shape index (κ2) is 7.34. The third-order valence-corrected chi connectivity index (χ3v) is 4.07. The van der Waals surface area contributed by atoms with Crippen LogP contribution in [-0.4, -0.2) is 33.8 Å². The van der Waals surface area contributed by atoms with Crippen LogP contribution in [-0.2, 0) is 18.3 Å². The number of hydrogen-bond donors (Lipinski definition) is 1. The van der Waals surface area contributed by atoms with Crippen LogP contribution < -0.4 is 10.1 Å². The van der Waals surface area contributed by atoms with Gasteiger partial charge < -0.3 is 10.1 Å². The highest BCUT2D eigenvalue weighted by atomic mass is 16.5. The lowest BCUT2D eigenvalue weighted by molar-refractivity contribution is -0.123. The van der Waals surface area contributed by atoms with Crippen LogP contribution in [0.5, 0.6) is 5.88 Å². The second-order valence-electron chi connectivity index (χ2n) is 6.06. The van der Waals surface area contributed by atoms with Crippen LogP contribution in [0.15, 0.2) is 36.4 Å². The normalized spacial score (nSPS) is 10.8. The van der Waals surface area contributed by atoms with E-state index in [1.165, 1.54) is 5.56 Å². The number of fused-ring (bicyclic) bond motifs is 1. The van der Waals surface area contributed by atoms with Crippen molar-refractivity contribution in [3.8, 4) is 5.88 Å². The quantitative estimate of drug-likeness (QED) is 0.749. The van der Waals surface area contributed by atoms with Crippen molar-refractivity contribution < 1.29 is 9.53 Å². The van der Waals surface area contributed by atoms with E-state index in [4.69, 9.17) is 4.74 Å². The lowest BCUT2D eigenvalue weighted by atomic mass is 10.1. The van der Waals surface area contributed by atoms with Crippen molar-refractivity contribution in [2.24, 2.45) is 7.05 Å². The van der Waals surface area contributed by atoms with Gasteiger partial charge in [-0.25, -0.2) is 0 Å². The topological polar surface area (TPSA) is 69.0 Å². The van der Waals surface area contributed by atoms with Crippen LogP contribution in [0.4, 0.5) is 0 Å². The Morgan fingerprint density at radius 1 is 1.24 bits per heavy atom. The van der Waals surface area contributed by atoms with Crippen LogP contribution in [0.3, 0.4) is 0 Å². The lowest BCUT2D eigenvalue weighted by Gasteiger charge is -2.08. The summed E-state index contributed by atoms with van der Waals surface area (Å²) in [6, 6.07) is 11.9. The molecule has 1 amide bonds. The van der Waals surface area contributed by atoms with E-state index in [1.54, 1.807) is 4.68 Å². The number of carbonyl (C=O) groups excluding carboxylic acids is 1. The first-order valence-corrected chi connectivity index (χ1v) is 8.29. The monoisotopic (exact) mass is 338 g/mol. The summed E-state index contributed by atoms with van der Waals surface area (Å²) in [7, 11) is 1.85. The van der Waals surface area contributed by atoms with E-state index in [0.717, 1.165) is 28.7 Å². The molecule has 0 saturated heterocycles. The summed E-state index contributed by atoms with van der Waals surface area (Å²) in [5, 5.41) is 8.27. The summed E-state index contributed by atoms with van der Waals surface area (Å²) >= 11 is 0. The van der Waals surface area contributed by atoms with Gasteiger partial charge in [-0.3, -0.25) is 9.48 Å². The molecule has 3 aromatic rings. The molecule has 0 atom stereocenters. The number of aromatic nitrogens is 3. The van der Waals surface area contributed by atoms with Crippen LogP contribution in [0.1, 0.15) is 16.8 Å². The number of amides is 1. The first-order valence-electron chi connectivity index (χ1n) is 8.29. The number of nitrogens with one attached hydrogen (secondary N) is 1.